The lowest BCUT2D eigenvalue weighted by atomic mass is 10.1. The number of aldehydes is 1. The molecule has 0 atom stereocenters. The number of carbonyl (C=O) groups is 2. The minimum atomic E-state index is -0.0513. The van der Waals surface area contributed by atoms with E-state index >= 15 is 0 Å². The fourth-order valence-electron chi connectivity index (χ4n) is 1.51. The molecule has 0 bridgehead atoms. The Kier molecular flexibility index (Phi) is 2.17. The first-order valence-corrected chi connectivity index (χ1v) is 5.03. The van der Waals surface area contributed by atoms with Gasteiger partial charge in [0.25, 0.3) is 0 Å². The first kappa shape index (κ1) is 9.09. The van der Waals surface area contributed by atoms with E-state index in [0.29, 0.717) is 10.4 Å². The summed E-state index contributed by atoms with van der Waals surface area (Å²) in [5.41, 5.74) is 0.556. The van der Waals surface area contributed by atoms with Crippen molar-refractivity contribution in [3.8, 4) is 0 Å². The van der Waals surface area contributed by atoms with Crippen LogP contribution in [-0.2, 0) is 0 Å². The zero-order chi connectivity index (χ0) is 10.1. The molecule has 70 valence electrons. The zero-order valence-corrected chi connectivity index (χ0v) is 8.43. The number of carbonyl (C=O) groups excluding carboxylic acids is 2. The Labute approximate surface area is 85.2 Å². The van der Waals surface area contributed by atoms with Crippen LogP contribution in [0.25, 0.3) is 10.1 Å². The summed E-state index contributed by atoms with van der Waals surface area (Å²) >= 11 is 1.36. The minimum absolute atomic E-state index is 0.0513. The van der Waals surface area contributed by atoms with Gasteiger partial charge in [-0.25, -0.2) is 0 Å². The van der Waals surface area contributed by atoms with Crippen molar-refractivity contribution in [2.45, 2.75) is 6.92 Å². The highest BCUT2D eigenvalue weighted by atomic mass is 32.1. The summed E-state index contributed by atoms with van der Waals surface area (Å²) in [4.78, 5) is 22.6. The van der Waals surface area contributed by atoms with Crippen molar-refractivity contribution in [1.29, 1.82) is 0 Å². The first-order chi connectivity index (χ1) is 6.74. The molecule has 0 spiro atoms. The van der Waals surface area contributed by atoms with Crippen LogP contribution in [0.15, 0.2) is 24.3 Å². The monoisotopic (exact) mass is 204 g/mol. The van der Waals surface area contributed by atoms with Gasteiger partial charge in [-0.05, 0) is 13.0 Å². The molecule has 2 nitrogen and oxygen atoms in total. The lowest BCUT2D eigenvalue weighted by Gasteiger charge is -1.92. The number of Topliss-reactive ketones (excluding diaryl/α,β-unsaturated/α-hetero) is 1. The van der Waals surface area contributed by atoms with Gasteiger partial charge >= 0.3 is 0 Å². The molecule has 0 saturated heterocycles. The van der Waals surface area contributed by atoms with Crippen molar-refractivity contribution in [1.82, 2.24) is 0 Å². The number of ketones is 1. The molecule has 1 aromatic heterocycles. The summed E-state index contributed by atoms with van der Waals surface area (Å²) in [5.74, 6) is -0.0513. The van der Waals surface area contributed by atoms with Gasteiger partial charge in [-0.15, -0.1) is 11.3 Å². The van der Waals surface area contributed by atoms with Crippen molar-refractivity contribution in [2.24, 2.45) is 0 Å². The molecule has 0 fully saturated rings. The molecule has 14 heavy (non-hydrogen) atoms. The average Bonchev–Trinajstić information content (AvgIpc) is 2.55. The number of thiophene rings is 1. The third-order valence-corrected chi connectivity index (χ3v) is 3.18. The van der Waals surface area contributed by atoms with E-state index in [4.69, 9.17) is 0 Å². The molecule has 0 radical (unpaired) electrons. The zero-order valence-electron chi connectivity index (χ0n) is 7.61. The van der Waals surface area contributed by atoms with Gasteiger partial charge in [-0.2, -0.15) is 0 Å². The Morgan fingerprint density at radius 2 is 2.07 bits per heavy atom. The smallest absolute Gasteiger partial charge is 0.161 e. The third kappa shape index (κ3) is 1.26. The van der Waals surface area contributed by atoms with Crippen LogP contribution in [0.4, 0.5) is 0 Å². The van der Waals surface area contributed by atoms with Crippen LogP contribution in [0.3, 0.4) is 0 Å². The van der Waals surface area contributed by atoms with Gasteiger partial charge < -0.3 is 0 Å². The maximum absolute atomic E-state index is 11.3. The van der Waals surface area contributed by atoms with E-state index in [1.165, 1.54) is 18.3 Å². The topological polar surface area (TPSA) is 34.1 Å². The summed E-state index contributed by atoms with van der Waals surface area (Å²) in [6.45, 7) is 1.49. The maximum Gasteiger partial charge on any atom is 0.161 e. The van der Waals surface area contributed by atoms with E-state index in [2.05, 4.69) is 0 Å². The molecular weight excluding hydrogens is 196 g/mol. The van der Waals surface area contributed by atoms with Gasteiger partial charge in [0.2, 0.25) is 0 Å². The second-order valence-corrected chi connectivity index (χ2v) is 4.10. The summed E-state index contributed by atoms with van der Waals surface area (Å²) < 4.78 is 0.986. The fraction of sp³-hybridized carbons (Fsp3) is 0.0909. The highest BCUT2D eigenvalue weighted by Gasteiger charge is 2.14. The predicted octanol–water partition coefficient (Wildman–Crippen LogP) is 2.92. The van der Waals surface area contributed by atoms with Crippen molar-refractivity contribution in [3.63, 3.8) is 0 Å². The highest BCUT2D eigenvalue weighted by Crippen LogP contribution is 2.30. The quantitative estimate of drug-likeness (QED) is 0.556. The van der Waals surface area contributed by atoms with Crippen LogP contribution < -0.4 is 0 Å². The fourth-order valence-corrected chi connectivity index (χ4v) is 2.58. The van der Waals surface area contributed by atoms with Gasteiger partial charge in [0.1, 0.15) is 0 Å². The lowest BCUT2D eigenvalue weighted by molar-refractivity contribution is 0.101. The number of rotatable bonds is 2. The third-order valence-electron chi connectivity index (χ3n) is 2.08. The van der Waals surface area contributed by atoms with Gasteiger partial charge in [-0.3, -0.25) is 9.59 Å². The maximum atomic E-state index is 11.3. The highest BCUT2D eigenvalue weighted by molar-refractivity contribution is 7.21. The number of fused-ring (bicyclic) bond motifs is 1. The average molecular weight is 204 g/mol. The molecule has 0 unspecified atom stereocenters. The number of benzene rings is 1. The Morgan fingerprint density at radius 1 is 1.36 bits per heavy atom. The van der Waals surface area contributed by atoms with E-state index in [1.54, 1.807) is 0 Å². The van der Waals surface area contributed by atoms with Gasteiger partial charge in [0.05, 0.1) is 4.88 Å². The van der Waals surface area contributed by atoms with Crippen molar-refractivity contribution < 1.29 is 9.59 Å². The normalized spacial score (nSPS) is 10.4. The molecule has 0 aliphatic heterocycles. The van der Waals surface area contributed by atoms with Crippen LogP contribution in [0.2, 0.25) is 0 Å². The van der Waals surface area contributed by atoms with E-state index < -0.39 is 0 Å². The Bertz CT molecular complexity index is 511. The molecule has 3 heteroatoms. The molecule has 0 saturated carbocycles. The summed E-state index contributed by atoms with van der Waals surface area (Å²) in [6.07, 6.45) is 0.751. The van der Waals surface area contributed by atoms with Crippen LogP contribution in [0.5, 0.6) is 0 Å². The molecule has 2 aromatic rings. The van der Waals surface area contributed by atoms with E-state index in [1.807, 2.05) is 24.3 Å². The first-order valence-electron chi connectivity index (χ1n) is 4.21. The van der Waals surface area contributed by atoms with Crippen molar-refractivity contribution in [3.05, 3.63) is 34.7 Å². The Hall–Kier alpha value is -1.48. The standard InChI is InChI=1S/C11H8O2S/c1-7(13)11-8-4-2-3-5-9(8)14-10(11)6-12/h2-6H,1H3. The van der Waals surface area contributed by atoms with E-state index in [0.717, 1.165) is 16.4 Å². The van der Waals surface area contributed by atoms with Gasteiger partial charge in [-0.1, -0.05) is 18.2 Å². The largest absolute Gasteiger partial charge is 0.297 e. The Balaban J connectivity index is 2.87. The van der Waals surface area contributed by atoms with Crippen LogP contribution in [0.1, 0.15) is 27.0 Å². The van der Waals surface area contributed by atoms with Gasteiger partial charge in [0.15, 0.2) is 12.1 Å². The number of hydrogen-bond acceptors (Lipinski definition) is 3. The lowest BCUT2D eigenvalue weighted by Crippen LogP contribution is -1.93. The van der Waals surface area contributed by atoms with Gasteiger partial charge in [0, 0.05) is 15.6 Å². The molecule has 0 amide bonds. The van der Waals surface area contributed by atoms with Crippen molar-refractivity contribution in [2.75, 3.05) is 0 Å². The Morgan fingerprint density at radius 3 is 2.71 bits per heavy atom. The van der Waals surface area contributed by atoms with Crippen LogP contribution in [0, 0.1) is 0 Å². The van der Waals surface area contributed by atoms with E-state index in [-0.39, 0.29) is 5.78 Å². The summed E-state index contributed by atoms with van der Waals surface area (Å²) in [6, 6.07) is 7.56. The second kappa shape index (κ2) is 3.35. The van der Waals surface area contributed by atoms with Crippen LogP contribution in [-0.4, -0.2) is 12.1 Å². The second-order valence-electron chi connectivity index (χ2n) is 3.01. The van der Waals surface area contributed by atoms with E-state index in [9.17, 15) is 9.59 Å². The van der Waals surface area contributed by atoms with Crippen LogP contribution >= 0.6 is 11.3 Å². The molecule has 0 aliphatic carbocycles. The summed E-state index contributed by atoms with van der Waals surface area (Å²) in [7, 11) is 0. The molecular formula is C11H8O2S. The SMILES string of the molecule is CC(=O)c1c(C=O)sc2ccccc12. The molecule has 0 aliphatic rings. The predicted molar refractivity (Wildman–Crippen MR) is 57.2 cm³/mol. The molecule has 0 N–H and O–H groups in total. The molecule has 1 heterocycles. The molecule has 1 aromatic carbocycles. The summed E-state index contributed by atoms with van der Waals surface area (Å²) in [5, 5.41) is 0.882. The minimum Gasteiger partial charge on any atom is -0.297 e. The molecule has 2 rings (SSSR count). The number of hydrogen-bond donors (Lipinski definition) is 0. The van der Waals surface area contributed by atoms with Crippen molar-refractivity contribution >= 4 is 33.5 Å².